The van der Waals surface area contributed by atoms with Crippen molar-refractivity contribution < 1.29 is 19.2 Å². The summed E-state index contributed by atoms with van der Waals surface area (Å²) in [7, 11) is 0. The summed E-state index contributed by atoms with van der Waals surface area (Å²) in [5.41, 5.74) is 2.94. The van der Waals surface area contributed by atoms with Crippen molar-refractivity contribution in [1.82, 2.24) is 0 Å². The quantitative estimate of drug-likeness (QED) is 0.345. The van der Waals surface area contributed by atoms with E-state index in [9.17, 15) is 19.7 Å². The third-order valence-electron chi connectivity index (χ3n) is 4.90. The van der Waals surface area contributed by atoms with Gasteiger partial charge in [0.1, 0.15) is 4.88 Å². The molecule has 0 atom stereocenters. The molecule has 1 aliphatic heterocycles. The van der Waals surface area contributed by atoms with E-state index in [4.69, 9.17) is 4.74 Å². The van der Waals surface area contributed by atoms with Crippen molar-refractivity contribution in [3.8, 4) is 10.4 Å². The molecule has 2 aromatic carbocycles. The molecule has 0 N–H and O–H groups in total. The average molecular weight is 422 g/mol. The molecule has 1 aromatic heterocycles. The number of non-ortho nitro benzene ring substituents is 1. The Morgan fingerprint density at radius 1 is 1.17 bits per heavy atom. The number of anilines is 1. The number of fused-ring (bicyclic) bond motifs is 3. The van der Waals surface area contributed by atoms with Crippen LogP contribution in [0.3, 0.4) is 0 Å². The minimum atomic E-state index is -0.491. The van der Waals surface area contributed by atoms with E-state index >= 15 is 0 Å². The summed E-state index contributed by atoms with van der Waals surface area (Å²) >= 11 is 1.37. The maximum Gasteiger partial charge on any atom is 0.348 e. The van der Waals surface area contributed by atoms with E-state index in [0.29, 0.717) is 30.0 Å². The molecule has 3 aromatic rings. The molecule has 0 aliphatic carbocycles. The first-order valence-electron chi connectivity index (χ1n) is 9.45. The maximum absolute atomic E-state index is 13.2. The van der Waals surface area contributed by atoms with Gasteiger partial charge in [-0.05, 0) is 43.2 Å². The molecule has 7 nitrogen and oxygen atoms in total. The number of ether oxygens (including phenoxy) is 1. The lowest BCUT2D eigenvalue weighted by Gasteiger charge is -2.23. The normalized spacial score (nSPS) is 12.5. The highest BCUT2D eigenvalue weighted by molar-refractivity contribution is 7.17. The standard InChI is InChI=1S/C22H18N2O5S/c1-2-29-22(26)19-13-15-11-12-23(18-6-4-3-5-17(18)20(15)30-19)21(25)14-7-9-16(10-8-14)24(27)28/h3-10,13H,2,11-12H2,1H3. The first-order valence-corrected chi connectivity index (χ1v) is 10.3. The van der Waals surface area contributed by atoms with Crippen molar-refractivity contribution in [2.24, 2.45) is 0 Å². The number of esters is 1. The maximum atomic E-state index is 13.2. The molecule has 0 spiro atoms. The Labute approximate surface area is 176 Å². The van der Waals surface area contributed by atoms with Gasteiger partial charge in [0, 0.05) is 34.7 Å². The fourth-order valence-corrected chi connectivity index (χ4v) is 4.63. The zero-order valence-electron chi connectivity index (χ0n) is 16.2. The number of para-hydroxylation sites is 1. The lowest BCUT2D eigenvalue weighted by molar-refractivity contribution is -0.384. The number of rotatable bonds is 4. The van der Waals surface area contributed by atoms with Crippen LogP contribution < -0.4 is 4.90 Å². The van der Waals surface area contributed by atoms with Crippen LogP contribution in [0.25, 0.3) is 10.4 Å². The highest BCUT2D eigenvalue weighted by atomic mass is 32.1. The fraction of sp³-hybridized carbons (Fsp3) is 0.182. The Bertz CT molecular complexity index is 1140. The van der Waals surface area contributed by atoms with Gasteiger partial charge in [0.05, 0.1) is 17.2 Å². The van der Waals surface area contributed by atoms with Crippen LogP contribution in [0.15, 0.2) is 54.6 Å². The van der Waals surface area contributed by atoms with Crippen LogP contribution in [-0.4, -0.2) is 30.0 Å². The van der Waals surface area contributed by atoms with Crippen LogP contribution in [0.4, 0.5) is 11.4 Å². The van der Waals surface area contributed by atoms with Crippen molar-refractivity contribution in [2.45, 2.75) is 13.3 Å². The summed E-state index contributed by atoms with van der Waals surface area (Å²) in [4.78, 5) is 39.0. The first kappa shape index (κ1) is 19.8. The molecular weight excluding hydrogens is 404 g/mol. The molecule has 8 heteroatoms. The van der Waals surface area contributed by atoms with Gasteiger partial charge >= 0.3 is 5.97 Å². The average Bonchev–Trinajstić information content (AvgIpc) is 3.12. The van der Waals surface area contributed by atoms with Gasteiger partial charge in [-0.3, -0.25) is 14.9 Å². The molecule has 0 radical (unpaired) electrons. The summed E-state index contributed by atoms with van der Waals surface area (Å²) in [6.45, 7) is 2.52. The van der Waals surface area contributed by atoms with Gasteiger partial charge in [-0.25, -0.2) is 4.79 Å². The molecule has 0 fully saturated rings. The van der Waals surface area contributed by atoms with Crippen molar-refractivity contribution in [1.29, 1.82) is 0 Å². The van der Waals surface area contributed by atoms with Crippen molar-refractivity contribution >= 4 is 34.6 Å². The van der Waals surface area contributed by atoms with E-state index in [0.717, 1.165) is 21.7 Å². The van der Waals surface area contributed by atoms with Crippen LogP contribution in [0.1, 0.15) is 32.5 Å². The van der Waals surface area contributed by atoms with E-state index in [1.54, 1.807) is 11.8 Å². The minimum absolute atomic E-state index is 0.0588. The molecule has 4 rings (SSSR count). The Morgan fingerprint density at radius 3 is 2.60 bits per heavy atom. The van der Waals surface area contributed by atoms with Gasteiger partial charge in [0.2, 0.25) is 0 Å². The summed E-state index contributed by atoms with van der Waals surface area (Å²) in [5, 5.41) is 10.9. The first-order chi connectivity index (χ1) is 14.5. The molecule has 1 amide bonds. The lowest BCUT2D eigenvalue weighted by atomic mass is 10.1. The molecule has 0 saturated heterocycles. The predicted molar refractivity (Wildman–Crippen MR) is 114 cm³/mol. The highest BCUT2D eigenvalue weighted by Crippen LogP contribution is 2.42. The Kier molecular flexibility index (Phi) is 5.33. The van der Waals surface area contributed by atoms with E-state index < -0.39 is 4.92 Å². The second-order valence-corrected chi connectivity index (χ2v) is 7.77. The molecule has 2 heterocycles. The van der Waals surface area contributed by atoms with Crippen LogP contribution >= 0.6 is 11.3 Å². The number of nitro groups is 1. The van der Waals surface area contributed by atoms with Crippen molar-refractivity contribution in [3.05, 3.63) is 80.7 Å². The van der Waals surface area contributed by atoms with Crippen LogP contribution in [0.2, 0.25) is 0 Å². The van der Waals surface area contributed by atoms with E-state index in [1.165, 1.54) is 35.6 Å². The molecular formula is C22H18N2O5S. The highest BCUT2D eigenvalue weighted by Gasteiger charge is 2.27. The van der Waals surface area contributed by atoms with Crippen LogP contribution in [0, 0.1) is 10.1 Å². The number of hydrogen-bond donors (Lipinski definition) is 0. The SMILES string of the molecule is CCOC(=O)c1cc2c(s1)-c1ccccc1N(C(=O)c1ccc([N+](=O)[O-])cc1)CC2. The molecule has 0 unspecified atom stereocenters. The third-order valence-corrected chi connectivity index (χ3v) is 6.09. The minimum Gasteiger partial charge on any atom is -0.462 e. The number of nitro benzene ring substituents is 1. The number of carbonyl (C=O) groups is 2. The molecule has 0 saturated carbocycles. The van der Waals surface area contributed by atoms with Gasteiger partial charge in [-0.15, -0.1) is 11.3 Å². The Hall–Kier alpha value is -3.52. The van der Waals surface area contributed by atoms with Crippen molar-refractivity contribution in [2.75, 3.05) is 18.1 Å². The predicted octanol–water partition coefficient (Wildman–Crippen LogP) is 4.70. The van der Waals surface area contributed by atoms with E-state index in [-0.39, 0.29) is 17.6 Å². The van der Waals surface area contributed by atoms with Crippen molar-refractivity contribution in [3.63, 3.8) is 0 Å². The number of thiophene rings is 1. The molecule has 1 aliphatic rings. The molecule has 152 valence electrons. The topological polar surface area (TPSA) is 89.8 Å². The van der Waals surface area contributed by atoms with Gasteiger partial charge in [-0.2, -0.15) is 0 Å². The summed E-state index contributed by atoms with van der Waals surface area (Å²) in [6.07, 6.45) is 0.582. The number of carbonyl (C=O) groups excluding carboxylic acids is 2. The second-order valence-electron chi connectivity index (χ2n) is 6.71. The smallest absolute Gasteiger partial charge is 0.348 e. The van der Waals surface area contributed by atoms with Gasteiger partial charge in [0.15, 0.2) is 0 Å². The second kappa shape index (κ2) is 8.08. The van der Waals surface area contributed by atoms with E-state index in [2.05, 4.69) is 0 Å². The number of hydrogen-bond acceptors (Lipinski definition) is 6. The zero-order valence-corrected chi connectivity index (χ0v) is 17.0. The lowest BCUT2D eigenvalue weighted by Crippen LogP contribution is -2.32. The number of nitrogens with zero attached hydrogens (tertiary/aromatic N) is 2. The van der Waals surface area contributed by atoms with Gasteiger partial charge in [0.25, 0.3) is 11.6 Å². The van der Waals surface area contributed by atoms with Crippen LogP contribution in [0.5, 0.6) is 0 Å². The number of amides is 1. The molecule has 30 heavy (non-hydrogen) atoms. The van der Waals surface area contributed by atoms with E-state index in [1.807, 2.05) is 30.3 Å². The number of benzene rings is 2. The Balaban J connectivity index is 1.71. The van der Waals surface area contributed by atoms with Gasteiger partial charge in [-0.1, -0.05) is 18.2 Å². The summed E-state index contributed by atoms with van der Waals surface area (Å²) in [6, 6.07) is 15.0. The molecule has 0 bridgehead atoms. The zero-order chi connectivity index (χ0) is 21.3. The monoisotopic (exact) mass is 422 g/mol. The summed E-state index contributed by atoms with van der Waals surface area (Å²) in [5.74, 6) is -0.565. The Morgan fingerprint density at radius 2 is 1.90 bits per heavy atom. The van der Waals surface area contributed by atoms with Gasteiger partial charge < -0.3 is 9.64 Å². The summed E-state index contributed by atoms with van der Waals surface area (Å²) < 4.78 is 5.13. The largest absolute Gasteiger partial charge is 0.462 e. The van der Waals surface area contributed by atoms with Crippen LogP contribution in [-0.2, 0) is 11.2 Å². The third kappa shape index (κ3) is 3.57. The fourth-order valence-electron chi connectivity index (χ4n) is 3.49.